The molecule has 0 saturated heterocycles. The Kier molecular flexibility index (Phi) is 8.56. The van der Waals surface area contributed by atoms with Gasteiger partial charge >= 0.3 is 5.97 Å². The van der Waals surface area contributed by atoms with Crippen LogP contribution in [0.5, 0.6) is 0 Å². The van der Waals surface area contributed by atoms with Crippen molar-refractivity contribution >= 4 is 21.7 Å². The van der Waals surface area contributed by atoms with E-state index < -0.39 is 21.8 Å². The Morgan fingerprint density at radius 1 is 0.912 bits per heavy atom. The number of ether oxygens (including phenoxy) is 1. The highest BCUT2D eigenvalue weighted by atomic mass is 32.2. The van der Waals surface area contributed by atoms with E-state index >= 15 is 0 Å². The van der Waals surface area contributed by atoms with Crippen LogP contribution in [0.1, 0.15) is 27.5 Å². The van der Waals surface area contributed by atoms with Gasteiger partial charge in [0.25, 0.3) is 5.91 Å². The van der Waals surface area contributed by atoms with Crippen LogP contribution in [0.4, 0.5) is 0 Å². The Hall–Kier alpha value is -3.49. The van der Waals surface area contributed by atoms with Crippen molar-refractivity contribution in [2.24, 2.45) is 5.73 Å². The van der Waals surface area contributed by atoms with Crippen LogP contribution in [0.15, 0.2) is 78.9 Å². The highest BCUT2D eigenvalue weighted by molar-refractivity contribution is 7.90. The molecule has 34 heavy (non-hydrogen) atoms. The van der Waals surface area contributed by atoms with Gasteiger partial charge in [0.05, 0.1) is 5.75 Å². The van der Waals surface area contributed by atoms with Gasteiger partial charge in [-0.05, 0) is 34.7 Å². The fourth-order valence-electron chi connectivity index (χ4n) is 3.50. The molecule has 0 saturated carbocycles. The van der Waals surface area contributed by atoms with Gasteiger partial charge in [-0.2, -0.15) is 0 Å². The van der Waals surface area contributed by atoms with Crippen LogP contribution in [0.25, 0.3) is 11.1 Å². The normalized spacial score (nSPS) is 12.1. The van der Waals surface area contributed by atoms with Crippen LogP contribution >= 0.6 is 0 Å². The lowest BCUT2D eigenvalue weighted by Gasteiger charge is -2.18. The molecular formula is C26H28N2O5S. The predicted molar refractivity (Wildman–Crippen MR) is 132 cm³/mol. The first kappa shape index (κ1) is 25.1. The highest BCUT2D eigenvalue weighted by Crippen LogP contribution is 2.30. The molecule has 178 valence electrons. The summed E-state index contributed by atoms with van der Waals surface area (Å²) in [7, 11) is -3.26. The van der Waals surface area contributed by atoms with E-state index in [0.717, 1.165) is 11.8 Å². The van der Waals surface area contributed by atoms with Crippen molar-refractivity contribution in [2.45, 2.75) is 12.5 Å². The monoisotopic (exact) mass is 480 g/mol. The van der Waals surface area contributed by atoms with E-state index in [-0.39, 0.29) is 18.3 Å². The Balaban J connectivity index is 1.78. The van der Waals surface area contributed by atoms with Gasteiger partial charge in [-0.3, -0.25) is 4.79 Å². The van der Waals surface area contributed by atoms with E-state index in [0.29, 0.717) is 35.2 Å². The van der Waals surface area contributed by atoms with Gasteiger partial charge in [0.2, 0.25) is 0 Å². The quantitative estimate of drug-likeness (QED) is 0.431. The summed E-state index contributed by atoms with van der Waals surface area (Å²) < 4.78 is 27.7. The lowest BCUT2D eigenvalue weighted by Crippen LogP contribution is -2.27. The maximum absolute atomic E-state index is 13.0. The molecule has 0 radical (unpaired) electrons. The first-order valence-electron chi connectivity index (χ1n) is 10.9. The van der Waals surface area contributed by atoms with Crippen LogP contribution in [-0.4, -0.2) is 45.5 Å². The fraction of sp³-hybridized carbons (Fsp3) is 0.231. The summed E-state index contributed by atoms with van der Waals surface area (Å²) in [6, 6.07) is 22.9. The average Bonchev–Trinajstić information content (AvgIpc) is 2.83. The molecular weight excluding hydrogens is 452 g/mol. The lowest BCUT2D eigenvalue weighted by molar-refractivity contribution is -0.144. The van der Waals surface area contributed by atoms with Gasteiger partial charge in [0, 0.05) is 18.4 Å². The van der Waals surface area contributed by atoms with Crippen molar-refractivity contribution < 1.29 is 22.7 Å². The van der Waals surface area contributed by atoms with Gasteiger partial charge in [-0.1, -0.05) is 72.8 Å². The molecule has 7 nitrogen and oxygen atoms in total. The van der Waals surface area contributed by atoms with Gasteiger partial charge in [-0.25, -0.2) is 13.2 Å². The van der Waals surface area contributed by atoms with Crippen LogP contribution < -0.4 is 11.1 Å². The predicted octanol–water partition coefficient (Wildman–Crippen LogP) is 2.91. The Labute approximate surface area is 199 Å². The van der Waals surface area contributed by atoms with Crippen LogP contribution in [-0.2, 0) is 25.8 Å². The van der Waals surface area contributed by atoms with E-state index in [1.165, 1.54) is 0 Å². The lowest BCUT2D eigenvalue weighted by atomic mass is 9.92. The molecule has 3 aromatic rings. The molecule has 3 rings (SSSR count). The van der Waals surface area contributed by atoms with E-state index in [1.54, 1.807) is 42.5 Å². The molecule has 0 fully saturated rings. The number of sulfone groups is 1. The molecule has 0 aromatic heterocycles. The Morgan fingerprint density at radius 2 is 1.53 bits per heavy atom. The molecule has 0 aliphatic carbocycles. The number of esters is 1. The number of rotatable bonds is 10. The third-order valence-corrected chi connectivity index (χ3v) is 6.16. The summed E-state index contributed by atoms with van der Waals surface area (Å²) in [5.41, 5.74) is 9.50. The van der Waals surface area contributed by atoms with Crippen molar-refractivity contribution in [3.63, 3.8) is 0 Å². The third-order valence-electron chi connectivity index (χ3n) is 5.25. The van der Waals surface area contributed by atoms with Gasteiger partial charge in [0.1, 0.15) is 12.6 Å². The average molecular weight is 481 g/mol. The zero-order chi connectivity index (χ0) is 24.6. The number of benzene rings is 3. The van der Waals surface area contributed by atoms with Crippen molar-refractivity contribution in [1.29, 1.82) is 0 Å². The number of hydrogen-bond donors (Lipinski definition) is 2. The Bertz CT molecular complexity index is 1240. The number of nitrogens with one attached hydrogen (secondary N) is 1. The molecule has 0 aliphatic heterocycles. The van der Waals surface area contributed by atoms with Crippen molar-refractivity contribution in [2.75, 3.05) is 25.2 Å². The second-order valence-corrected chi connectivity index (χ2v) is 10.2. The molecule has 1 unspecified atom stereocenters. The summed E-state index contributed by atoms with van der Waals surface area (Å²) >= 11 is 0. The van der Waals surface area contributed by atoms with Crippen molar-refractivity contribution in [3.8, 4) is 11.1 Å². The van der Waals surface area contributed by atoms with Crippen molar-refractivity contribution in [3.05, 3.63) is 95.6 Å². The van der Waals surface area contributed by atoms with Crippen LogP contribution in [0, 0.1) is 0 Å². The van der Waals surface area contributed by atoms with E-state index in [4.69, 9.17) is 10.5 Å². The largest absolute Gasteiger partial charge is 0.463 e. The minimum atomic E-state index is -3.26. The first-order chi connectivity index (χ1) is 16.3. The summed E-state index contributed by atoms with van der Waals surface area (Å²) in [5.74, 6) is -1.24. The zero-order valence-electron chi connectivity index (χ0n) is 18.9. The zero-order valence-corrected chi connectivity index (χ0v) is 19.8. The molecule has 1 amide bonds. The smallest absolute Gasteiger partial charge is 0.327 e. The molecule has 3 aromatic carbocycles. The summed E-state index contributed by atoms with van der Waals surface area (Å²) in [5, 5.41) is 2.95. The molecule has 3 N–H and O–H groups in total. The van der Waals surface area contributed by atoms with Crippen LogP contribution in [0.3, 0.4) is 0 Å². The molecule has 0 spiro atoms. The van der Waals surface area contributed by atoms with E-state index in [9.17, 15) is 18.0 Å². The first-order valence-corrected chi connectivity index (χ1v) is 12.9. The number of carbonyl (C=O) groups excluding carboxylic acids is 2. The van der Waals surface area contributed by atoms with Gasteiger partial charge < -0.3 is 15.8 Å². The summed E-state index contributed by atoms with van der Waals surface area (Å²) in [4.78, 5) is 25.5. The maximum atomic E-state index is 13.0. The standard InChI is InChI=1S/C26H28N2O5S/c1-34(31,32)18-17-33-26(30)24(27)22-13-7-5-11-20(22)21-12-6-8-14-23(21)25(29)28-16-15-19-9-3-2-4-10-19/h2-14,24H,15-18,27H2,1H3,(H,28,29). The third kappa shape index (κ3) is 7.00. The number of nitrogens with two attached hydrogens (primary N) is 1. The van der Waals surface area contributed by atoms with Crippen molar-refractivity contribution in [1.82, 2.24) is 5.32 Å². The number of carbonyl (C=O) groups is 2. The topological polar surface area (TPSA) is 116 Å². The van der Waals surface area contributed by atoms with Gasteiger partial charge in [0.15, 0.2) is 9.84 Å². The number of amides is 1. The molecule has 0 heterocycles. The van der Waals surface area contributed by atoms with Crippen LogP contribution in [0.2, 0.25) is 0 Å². The van der Waals surface area contributed by atoms with Gasteiger partial charge in [-0.15, -0.1) is 0 Å². The fourth-order valence-corrected chi connectivity index (χ4v) is 3.89. The maximum Gasteiger partial charge on any atom is 0.327 e. The second-order valence-electron chi connectivity index (χ2n) is 7.90. The molecule has 0 aliphatic rings. The molecule has 8 heteroatoms. The Morgan fingerprint density at radius 3 is 2.24 bits per heavy atom. The SMILES string of the molecule is CS(=O)(=O)CCOC(=O)C(N)c1ccccc1-c1ccccc1C(=O)NCCc1ccccc1. The highest BCUT2D eigenvalue weighted by Gasteiger charge is 2.23. The summed E-state index contributed by atoms with van der Waals surface area (Å²) in [6.45, 7) is 0.207. The minimum absolute atomic E-state index is 0.231. The molecule has 0 bridgehead atoms. The molecule has 1 atom stereocenters. The minimum Gasteiger partial charge on any atom is -0.463 e. The second kappa shape index (κ2) is 11.6. The summed E-state index contributed by atoms with van der Waals surface area (Å²) in [6.07, 6.45) is 1.77. The van der Waals surface area contributed by atoms with E-state index in [2.05, 4.69) is 5.32 Å². The van der Waals surface area contributed by atoms with E-state index in [1.807, 2.05) is 36.4 Å². The number of hydrogen-bond acceptors (Lipinski definition) is 6.